The van der Waals surface area contributed by atoms with Gasteiger partial charge in [0.25, 0.3) is 0 Å². The van der Waals surface area contributed by atoms with Crippen molar-refractivity contribution in [2.75, 3.05) is 6.61 Å². The van der Waals surface area contributed by atoms with Crippen molar-refractivity contribution in [1.29, 1.82) is 0 Å². The minimum atomic E-state index is -0.594. The molecule has 1 atom stereocenters. The van der Waals surface area contributed by atoms with Gasteiger partial charge >= 0.3 is 23.2 Å². The number of rotatable bonds is 3. The topological polar surface area (TPSA) is 46.6 Å². The van der Waals surface area contributed by atoms with E-state index in [4.69, 9.17) is 4.74 Å². The molecular formula is C17H21FeNO3. The summed E-state index contributed by atoms with van der Waals surface area (Å²) in [6.07, 6.45) is -0.594. The van der Waals surface area contributed by atoms with Gasteiger partial charge in [-0.3, -0.25) is 9.69 Å². The molecule has 22 heavy (non-hydrogen) atoms. The van der Waals surface area contributed by atoms with Crippen LogP contribution in [0.4, 0.5) is 4.79 Å². The van der Waals surface area contributed by atoms with Gasteiger partial charge < -0.3 is 4.74 Å². The quantitative estimate of drug-likeness (QED) is 0.628. The summed E-state index contributed by atoms with van der Waals surface area (Å²) in [5, 5.41) is 0. The summed E-state index contributed by atoms with van der Waals surface area (Å²) in [5.74, 6) is -0.313. The molecule has 0 N–H and O–H groups in total. The molecule has 0 spiro atoms. The van der Waals surface area contributed by atoms with Gasteiger partial charge in [-0.05, 0) is 6.92 Å². The van der Waals surface area contributed by atoms with Gasteiger partial charge in [-0.15, -0.1) is 5.56 Å². The van der Waals surface area contributed by atoms with Crippen molar-refractivity contribution in [3.8, 4) is 0 Å². The second-order valence-corrected chi connectivity index (χ2v) is 4.44. The fourth-order valence-corrected chi connectivity index (χ4v) is 1.89. The maximum Gasteiger partial charge on any atom is 2.00 e. The number of hydrogen-bond donors (Lipinski definition) is 0. The fraction of sp³-hybridized carbons (Fsp3) is 0.294. The second kappa shape index (κ2) is 10.8. The van der Waals surface area contributed by atoms with Gasteiger partial charge in [-0.2, -0.15) is 30.3 Å². The van der Waals surface area contributed by atoms with E-state index < -0.39 is 6.09 Å². The van der Waals surface area contributed by atoms with E-state index in [0.29, 0.717) is 0 Å². The zero-order valence-electron chi connectivity index (χ0n) is 13.0. The van der Waals surface area contributed by atoms with Crippen LogP contribution >= 0.6 is 0 Å². The van der Waals surface area contributed by atoms with Crippen LogP contribution in [0.15, 0.2) is 54.6 Å². The minimum absolute atomic E-state index is 0. The molecule has 120 valence electrons. The van der Waals surface area contributed by atoms with Crippen molar-refractivity contribution in [3.63, 3.8) is 0 Å². The molecule has 0 aliphatic carbocycles. The average molecular weight is 343 g/mol. The third-order valence-corrected chi connectivity index (χ3v) is 2.92. The molecule has 0 saturated heterocycles. The van der Waals surface area contributed by atoms with Crippen LogP contribution in [-0.4, -0.2) is 23.5 Å². The summed E-state index contributed by atoms with van der Waals surface area (Å²) in [4.78, 5) is 24.2. The maximum atomic E-state index is 11.6. The first-order valence-electron chi connectivity index (χ1n) is 6.92. The summed E-state index contributed by atoms with van der Waals surface area (Å²) in [6, 6.07) is 17.2. The van der Waals surface area contributed by atoms with E-state index in [1.54, 1.807) is 13.8 Å². The Labute approximate surface area is 142 Å². The molecule has 4 nitrogen and oxygen atoms in total. The molecule has 1 unspecified atom stereocenters. The van der Waals surface area contributed by atoms with E-state index in [1.165, 1.54) is 6.92 Å². The first kappa shape index (κ1) is 20.2. The molecule has 2 rings (SSSR count). The minimum Gasteiger partial charge on any atom is -0.449 e. The Morgan fingerprint density at radius 1 is 1.18 bits per heavy atom. The molecule has 2 amide bonds. The van der Waals surface area contributed by atoms with E-state index in [2.05, 4.69) is 0 Å². The van der Waals surface area contributed by atoms with Crippen molar-refractivity contribution < 1.29 is 31.4 Å². The predicted molar refractivity (Wildman–Crippen MR) is 82.0 cm³/mol. The number of carbonyl (C=O) groups is 2. The van der Waals surface area contributed by atoms with Crippen LogP contribution < -0.4 is 0 Å². The van der Waals surface area contributed by atoms with Crippen LogP contribution in [0.1, 0.15) is 32.4 Å². The fourth-order valence-electron chi connectivity index (χ4n) is 1.89. The monoisotopic (exact) mass is 343 g/mol. The molecule has 0 heterocycles. The molecule has 0 bridgehead atoms. The van der Waals surface area contributed by atoms with Crippen LogP contribution in [0.2, 0.25) is 0 Å². The van der Waals surface area contributed by atoms with E-state index in [9.17, 15) is 9.59 Å². The average Bonchev–Trinajstić information content (AvgIpc) is 3.15. The number of carbonyl (C=O) groups excluding carboxylic acids is 2. The molecule has 5 heteroatoms. The van der Waals surface area contributed by atoms with Crippen LogP contribution in [0.25, 0.3) is 0 Å². The van der Waals surface area contributed by atoms with Crippen molar-refractivity contribution in [2.24, 2.45) is 0 Å². The number of amides is 2. The summed E-state index contributed by atoms with van der Waals surface area (Å²) in [5.41, 5.74) is 0.920. The van der Waals surface area contributed by atoms with E-state index >= 15 is 0 Å². The maximum absolute atomic E-state index is 11.6. The molecule has 0 radical (unpaired) electrons. The first-order valence-corrected chi connectivity index (χ1v) is 6.92. The molecule has 0 aliphatic rings. The second-order valence-electron chi connectivity index (χ2n) is 4.44. The third kappa shape index (κ3) is 6.29. The molecule has 2 aromatic carbocycles. The number of imide groups is 1. The Balaban J connectivity index is 0.000000622. The Bertz CT molecular complexity index is 503. The van der Waals surface area contributed by atoms with Crippen LogP contribution in [0, 0.1) is 0 Å². The molecular weight excluding hydrogens is 322 g/mol. The van der Waals surface area contributed by atoms with Crippen LogP contribution in [0.5, 0.6) is 0 Å². The van der Waals surface area contributed by atoms with Crippen molar-refractivity contribution >= 4 is 12.0 Å². The van der Waals surface area contributed by atoms with Gasteiger partial charge in [0.2, 0.25) is 5.91 Å². The normalized spacial score (nSPS) is 10.5. The Morgan fingerprint density at radius 2 is 1.73 bits per heavy atom. The summed E-state index contributed by atoms with van der Waals surface area (Å²) in [7, 11) is 0. The molecule has 2 aromatic rings. The van der Waals surface area contributed by atoms with Crippen molar-refractivity contribution in [1.82, 2.24) is 4.90 Å². The zero-order chi connectivity index (χ0) is 15.7. The molecule has 0 aliphatic heterocycles. The van der Waals surface area contributed by atoms with Gasteiger partial charge in [0, 0.05) is 13.0 Å². The first-order chi connectivity index (χ1) is 10.1. The summed E-state index contributed by atoms with van der Waals surface area (Å²) >= 11 is 0. The molecule has 0 fully saturated rings. The smallest absolute Gasteiger partial charge is 0.449 e. The predicted octanol–water partition coefficient (Wildman–Crippen LogP) is 3.87. The summed E-state index contributed by atoms with van der Waals surface area (Å²) in [6.45, 7) is 5.13. The number of nitrogens with zero attached hydrogens (tertiary/aromatic N) is 1. The van der Waals surface area contributed by atoms with Gasteiger partial charge in [0.05, 0.1) is 6.61 Å². The Hall–Kier alpha value is -1.84. The van der Waals surface area contributed by atoms with Crippen molar-refractivity contribution in [2.45, 2.75) is 26.8 Å². The summed E-state index contributed by atoms with van der Waals surface area (Å²) < 4.78 is 4.85. The Kier molecular flexibility index (Phi) is 9.92. The standard InChI is InChI=1S/C12H16NO3.C5H5.Fe/c1-4-16-12(15)13(10(3)14)9(2)11-7-5-6-8-11;1-2-4-5-3-1;/h5-9H,4H2,1-3H3;1-5H;/q2*-1;+2. The van der Waals surface area contributed by atoms with E-state index in [1.807, 2.05) is 54.6 Å². The largest absolute Gasteiger partial charge is 2.00 e. The van der Waals surface area contributed by atoms with E-state index in [-0.39, 0.29) is 35.6 Å². The van der Waals surface area contributed by atoms with Gasteiger partial charge in [-0.1, -0.05) is 6.92 Å². The number of hydrogen-bond acceptors (Lipinski definition) is 3. The van der Waals surface area contributed by atoms with Crippen LogP contribution in [-0.2, 0) is 26.6 Å². The molecule has 0 saturated carbocycles. The molecule has 0 aromatic heterocycles. The Morgan fingerprint density at radius 3 is 2.09 bits per heavy atom. The zero-order valence-corrected chi connectivity index (χ0v) is 14.1. The van der Waals surface area contributed by atoms with Gasteiger partial charge in [0.15, 0.2) is 0 Å². The number of ether oxygens (including phenoxy) is 1. The van der Waals surface area contributed by atoms with Gasteiger partial charge in [-0.25, -0.2) is 29.1 Å². The van der Waals surface area contributed by atoms with Crippen LogP contribution in [0.3, 0.4) is 0 Å². The SMILES string of the molecule is CCOC(=O)N(C(C)=O)C(C)[c-]1cccc1.[Fe+2].c1cc[cH-]c1. The third-order valence-electron chi connectivity index (χ3n) is 2.92. The van der Waals surface area contributed by atoms with Crippen molar-refractivity contribution in [3.05, 3.63) is 60.2 Å². The van der Waals surface area contributed by atoms with Gasteiger partial charge in [0.1, 0.15) is 0 Å². The van der Waals surface area contributed by atoms with E-state index in [0.717, 1.165) is 10.5 Å².